The third-order valence-corrected chi connectivity index (χ3v) is 5.65. The van der Waals surface area contributed by atoms with Crippen LogP contribution in [0.15, 0.2) is 60.7 Å². The lowest BCUT2D eigenvalue weighted by molar-refractivity contribution is -0.139. The second kappa shape index (κ2) is 7.99. The Morgan fingerprint density at radius 2 is 1.34 bits per heavy atom. The zero-order valence-electron chi connectivity index (χ0n) is 16.8. The van der Waals surface area contributed by atoms with Gasteiger partial charge >= 0.3 is 0 Å². The van der Waals surface area contributed by atoms with Crippen LogP contribution < -0.4 is 0 Å². The first-order valence-corrected chi connectivity index (χ1v) is 9.47. The molecule has 2 atom stereocenters. The zero-order chi connectivity index (χ0) is 21.2. The van der Waals surface area contributed by atoms with Crippen LogP contribution >= 0.6 is 0 Å². The first-order chi connectivity index (χ1) is 13.8. The van der Waals surface area contributed by atoms with Crippen LogP contribution in [0.25, 0.3) is 0 Å². The summed E-state index contributed by atoms with van der Waals surface area (Å²) in [7, 11) is 3.08. The summed E-state index contributed by atoms with van der Waals surface area (Å²) < 4.78 is 0. The van der Waals surface area contributed by atoms with Gasteiger partial charge in [-0.1, -0.05) is 60.7 Å². The van der Waals surface area contributed by atoms with Crippen molar-refractivity contribution < 1.29 is 19.2 Å². The minimum Gasteiger partial charge on any atom is -0.285 e. The van der Waals surface area contributed by atoms with Gasteiger partial charge in [0.1, 0.15) is 0 Å². The first kappa shape index (κ1) is 20.5. The molecule has 6 heteroatoms. The molecule has 6 nitrogen and oxygen atoms in total. The minimum atomic E-state index is -0.674. The number of likely N-dealkylation sites (N-methyl/N-ethyl adjacent to an activating group) is 2. The van der Waals surface area contributed by atoms with Crippen LogP contribution in [-0.4, -0.2) is 47.5 Å². The molecular weight excluding hydrogens is 368 g/mol. The monoisotopic (exact) mass is 392 g/mol. The van der Waals surface area contributed by atoms with E-state index in [-0.39, 0.29) is 36.0 Å². The van der Waals surface area contributed by atoms with Crippen molar-refractivity contribution in [3.8, 4) is 0 Å². The summed E-state index contributed by atoms with van der Waals surface area (Å²) in [5, 5.41) is 0. The average molecular weight is 392 g/mol. The van der Waals surface area contributed by atoms with Gasteiger partial charge in [-0.3, -0.25) is 29.0 Å². The Labute approximate surface area is 170 Å². The lowest BCUT2D eigenvalue weighted by Gasteiger charge is -2.21. The van der Waals surface area contributed by atoms with Crippen LogP contribution in [-0.2, 0) is 24.6 Å². The molecule has 0 aromatic heterocycles. The van der Waals surface area contributed by atoms with Crippen LogP contribution in [0, 0.1) is 0 Å². The van der Waals surface area contributed by atoms with Crippen LogP contribution in [0.3, 0.4) is 0 Å². The number of nitrogens with zero attached hydrogens (tertiary/aromatic N) is 2. The summed E-state index contributed by atoms with van der Waals surface area (Å²) in [5.41, 5.74) is 1.16. The molecule has 0 saturated carbocycles. The lowest BCUT2D eigenvalue weighted by atomic mass is 9.81. The number of benzene rings is 2. The second-order valence-electron chi connectivity index (χ2n) is 7.59. The highest BCUT2D eigenvalue weighted by molar-refractivity contribution is 6.08. The maximum Gasteiger partial charge on any atom is 0.239 e. The van der Waals surface area contributed by atoms with E-state index in [2.05, 4.69) is 0 Å². The van der Waals surface area contributed by atoms with Crippen molar-refractivity contribution in [2.24, 2.45) is 0 Å². The SMILES string of the molecule is CN1C(=O)CC(C)(c2ccccc2)C1=O.CN1C(=O)CC(c2ccccc2)C1=O. The molecule has 2 saturated heterocycles. The third kappa shape index (κ3) is 3.83. The van der Waals surface area contributed by atoms with E-state index in [4.69, 9.17) is 0 Å². The summed E-state index contributed by atoms with van der Waals surface area (Å²) in [4.78, 5) is 48.7. The largest absolute Gasteiger partial charge is 0.285 e. The molecule has 0 radical (unpaired) electrons. The fourth-order valence-electron chi connectivity index (χ4n) is 3.71. The third-order valence-electron chi connectivity index (χ3n) is 5.65. The normalized spacial score (nSPS) is 24.0. The maximum absolute atomic E-state index is 11.9. The molecule has 0 aliphatic carbocycles. The molecule has 2 aromatic rings. The lowest BCUT2D eigenvalue weighted by Crippen LogP contribution is -2.33. The van der Waals surface area contributed by atoms with Crippen molar-refractivity contribution in [1.82, 2.24) is 9.80 Å². The summed E-state index contributed by atoms with van der Waals surface area (Å²) in [6.45, 7) is 1.83. The quantitative estimate of drug-likeness (QED) is 0.736. The van der Waals surface area contributed by atoms with Gasteiger partial charge in [-0.25, -0.2) is 0 Å². The molecule has 0 bridgehead atoms. The van der Waals surface area contributed by atoms with Crippen LogP contribution in [0.1, 0.15) is 36.8 Å². The molecule has 0 N–H and O–H groups in total. The van der Waals surface area contributed by atoms with E-state index in [1.807, 2.05) is 67.6 Å². The highest BCUT2D eigenvalue weighted by Gasteiger charge is 2.47. The smallest absolute Gasteiger partial charge is 0.239 e. The molecule has 4 rings (SSSR count). The Balaban J connectivity index is 0.000000166. The zero-order valence-corrected chi connectivity index (χ0v) is 16.8. The molecule has 2 fully saturated rings. The van der Waals surface area contributed by atoms with Crippen LogP contribution in [0.5, 0.6) is 0 Å². The fourth-order valence-corrected chi connectivity index (χ4v) is 3.71. The maximum atomic E-state index is 11.9. The molecular formula is C23H24N2O4. The number of carbonyl (C=O) groups excluding carboxylic acids is 4. The van der Waals surface area contributed by atoms with E-state index in [9.17, 15) is 19.2 Å². The van der Waals surface area contributed by atoms with E-state index in [1.165, 1.54) is 16.8 Å². The highest BCUT2D eigenvalue weighted by atomic mass is 16.2. The van der Waals surface area contributed by atoms with Crippen LogP contribution in [0.2, 0.25) is 0 Å². The Hall–Kier alpha value is -3.28. The van der Waals surface area contributed by atoms with Crippen molar-refractivity contribution in [1.29, 1.82) is 0 Å². The van der Waals surface area contributed by atoms with Gasteiger partial charge in [-0.2, -0.15) is 0 Å². The average Bonchev–Trinajstić information content (AvgIpc) is 3.12. The Morgan fingerprint density at radius 1 is 0.793 bits per heavy atom. The van der Waals surface area contributed by atoms with Gasteiger partial charge in [-0.15, -0.1) is 0 Å². The van der Waals surface area contributed by atoms with Crippen molar-refractivity contribution >= 4 is 23.6 Å². The summed E-state index contributed by atoms with van der Waals surface area (Å²) >= 11 is 0. The standard InChI is InChI=1S/C12H13NO2.C11H11NO2/c1-12(9-6-4-3-5-7-9)8-10(14)13(2)11(12)15;1-12-10(13)7-9(11(12)14)8-5-3-2-4-6-8/h3-7H,8H2,1-2H3;2-6,9H,7H2,1H3. The first-order valence-electron chi connectivity index (χ1n) is 9.47. The van der Waals surface area contributed by atoms with E-state index >= 15 is 0 Å². The predicted molar refractivity (Wildman–Crippen MR) is 108 cm³/mol. The van der Waals surface area contributed by atoms with Gasteiger partial charge in [0.25, 0.3) is 0 Å². The van der Waals surface area contributed by atoms with Gasteiger partial charge in [0, 0.05) is 26.9 Å². The molecule has 2 aliphatic rings. The van der Waals surface area contributed by atoms with Crippen LogP contribution in [0.4, 0.5) is 0 Å². The molecule has 4 amide bonds. The molecule has 29 heavy (non-hydrogen) atoms. The molecule has 150 valence electrons. The number of hydrogen-bond donors (Lipinski definition) is 0. The van der Waals surface area contributed by atoms with E-state index in [0.29, 0.717) is 6.42 Å². The van der Waals surface area contributed by atoms with E-state index in [0.717, 1.165) is 11.1 Å². The molecule has 2 heterocycles. The summed E-state index contributed by atoms with van der Waals surface area (Å²) in [6, 6.07) is 18.9. The number of carbonyl (C=O) groups is 4. The Morgan fingerprint density at radius 3 is 1.79 bits per heavy atom. The van der Waals surface area contributed by atoms with Gasteiger partial charge < -0.3 is 0 Å². The van der Waals surface area contributed by atoms with E-state index < -0.39 is 5.41 Å². The molecule has 2 aliphatic heterocycles. The number of rotatable bonds is 2. The van der Waals surface area contributed by atoms with Crippen molar-refractivity contribution in [3.63, 3.8) is 0 Å². The molecule has 0 spiro atoms. The Bertz CT molecular complexity index is 942. The second-order valence-corrected chi connectivity index (χ2v) is 7.59. The number of hydrogen-bond acceptors (Lipinski definition) is 4. The van der Waals surface area contributed by atoms with Gasteiger partial charge in [0.15, 0.2) is 0 Å². The topological polar surface area (TPSA) is 74.8 Å². The number of amides is 4. The van der Waals surface area contributed by atoms with E-state index in [1.54, 1.807) is 7.05 Å². The molecule has 2 unspecified atom stereocenters. The highest BCUT2D eigenvalue weighted by Crippen LogP contribution is 2.35. The summed E-state index contributed by atoms with van der Waals surface area (Å²) in [5.74, 6) is -0.677. The number of likely N-dealkylation sites (tertiary alicyclic amines) is 2. The van der Waals surface area contributed by atoms with Gasteiger partial charge in [-0.05, 0) is 18.1 Å². The fraction of sp³-hybridized carbons (Fsp3) is 0.304. The number of imide groups is 2. The van der Waals surface area contributed by atoms with Crippen molar-refractivity contribution in [2.45, 2.75) is 31.1 Å². The Kier molecular flexibility index (Phi) is 5.64. The predicted octanol–water partition coefficient (Wildman–Crippen LogP) is 2.49. The molecule has 2 aromatic carbocycles. The van der Waals surface area contributed by atoms with Crippen molar-refractivity contribution in [2.75, 3.05) is 14.1 Å². The van der Waals surface area contributed by atoms with Gasteiger partial charge in [0.05, 0.1) is 11.3 Å². The summed E-state index contributed by atoms with van der Waals surface area (Å²) in [6.07, 6.45) is 0.575. The minimum absolute atomic E-state index is 0.0937. The van der Waals surface area contributed by atoms with Crippen molar-refractivity contribution in [3.05, 3.63) is 71.8 Å². The van der Waals surface area contributed by atoms with Gasteiger partial charge in [0.2, 0.25) is 23.6 Å².